The van der Waals surface area contributed by atoms with Gasteiger partial charge in [0.15, 0.2) is 11.5 Å². The Kier molecular flexibility index (Phi) is 3.72. The molecule has 6 nitrogen and oxygen atoms in total. The van der Waals surface area contributed by atoms with Crippen molar-refractivity contribution in [1.82, 2.24) is 14.5 Å². The average molecular weight is 324 g/mol. The van der Waals surface area contributed by atoms with Crippen LogP contribution in [0.2, 0.25) is 0 Å². The summed E-state index contributed by atoms with van der Waals surface area (Å²) in [6.07, 6.45) is 6.13. The fraction of sp³-hybridized carbons (Fsp3) is 0.333. The third-order valence-corrected chi connectivity index (χ3v) is 4.55. The number of urea groups is 1. The second-order valence-electron chi connectivity index (χ2n) is 6.19. The zero-order valence-corrected chi connectivity index (χ0v) is 13.6. The van der Waals surface area contributed by atoms with Gasteiger partial charge in [-0.15, -0.1) is 0 Å². The molecule has 1 N–H and O–H groups in total. The van der Waals surface area contributed by atoms with Crippen molar-refractivity contribution in [2.45, 2.75) is 25.8 Å². The Bertz CT molecular complexity index is 845. The number of anilines is 1. The quantitative estimate of drug-likeness (QED) is 0.779. The third kappa shape index (κ3) is 2.87. The van der Waals surface area contributed by atoms with Gasteiger partial charge in [-0.25, -0.2) is 9.78 Å². The summed E-state index contributed by atoms with van der Waals surface area (Å²) in [7, 11) is 0. The molecule has 2 amide bonds. The van der Waals surface area contributed by atoms with Crippen LogP contribution in [0.3, 0.4) is 0 Å². The molecule has 1 saturated heterocycles. The van der Waals surface area contributed by atoms with Gasteiger partial charge in [-0.3, -0.25) is 0 Å². The molecule has 1 aliphatic rings. The molecule has 1 aliphatic heterocycles. The van der Waals surface area contributed by atoms with Crippen LogP contribution in [0.5, 0.6) is 0 Å². The molecule has 0 aliphatic carbocycles. The number of piperidine rings is 1. The van der Waals surface area contributed by atoms with E-state index in [0.717, 1.165) is 37.1 Å². The number of carbonyl (C=O) groups excluding carboxylic acids is 1. The van der Waals surface area contributed by atoms with Gasteiger partial charge < -0.3 is 19.2 Å². The van der Waals surface area contributed by atoms with Crippen LogP contribution in [0.25, 0.3) is 11.1 Å². The lowest BCUT2D eigenvalue weighted by molar-refractivity contribution is 0.184. The molecule has 3 heterocycles. The number of hydrogen-bond donors (Lipinski definition) is 1. The number of amides is 2. The summed E-state index contributed by atoms with van der Waals surface area (Å²) >= 11 is 0. The first kappa shape index (κ1) is 14.8. The number of oxazole rings is 1. The van der Waals surface area contributed by atoms with Crippen LogP contribution in [-0.2, 0) is 0 Å². The summed E-state index contributed by atoms with van der Waals surface area (Å²) in [5, 5.41) is 2.96. The topological polar surface area (TPSA) is 63.3 Å². The van der Waals surface area contributed by atoms with Crippen molar-refractivity contribution in [2.75, 3.05) is 18.4 Å². The Morgan fingerprint density at radius 1 is 1.25 bits per heavy atom. The molecule has 0 bridgehead atoms. The molecule has 1 fully saturated rings. The minimum atomic E-state index is -0.0588. The van der Waals surface area contributed by atoms with Crippen molar-refractivity contribution < 1.29 is 9.21 Å². The standard InChI is InChI=1S/C18H20N4O2/c1-13-19-16-5-4-14(12-17(16)24-13)20-18(23)22-10-6-15(7-11-22)21-8-2-3-9-21/h2-5,8-9,12,15H,6-7,10-11H2,1H3,(H,20,23). The summed E-state index contributed by atoms with van der Waals surface area (Å²) in [6, 6.07) is 10.0. The van der Waals surface area contributed by atoms with Gasteiger partial charge >= 0.3 is 6.03 Å². The van der Waals surface area contributed by atoms with Crippen molar-refractivity contribution >= 4 is 22.8 Å². The van der Waals surface area contributed by atoms with Gasteiger partial charge in [-0.2, -0.15) is 0 Å². The molecule has 124 valence electrons. The smallest absolute Gasteiger partial charge is 0.321 e. The van der Waals surface area contributed by atoms with Gasteiger partial charge in [0.2, 0.25) is 0 Å². The molecule has 3 aromatic rings. The Balaban J connectivity index is 1.39. The van der Waals surface area contributed by atoms with Gasteiger partial charge in [0.1, 0.15) is 5.52 Å². The maximum Gasteiger partial charge on any atom is 0.321 e. The second-order valence-corrected chi connectivity index (χ2v) is 6.19. The van der Waals surface area contributed by atoms with Crippen LogP contribution in [0.4, 0.5) is 10.5 Å². The highest BCUT2D eigenvalue weighted by atomic mass is 16.3. The SMILES string of the molecule is Cc1nc2ccc(NC(=O)N3CCC(n4cccc4)CC3)cc2o1. The van der Waals surface area contributed by atoms with Crippen molar-refractivity contribution in [3.63, 3.8) is 0 Å². The number of aromatic nitrogens is 2. The first-order valence-electron chi connectivity index (χ1n) is 8.24. The van der Waals surface area contributed by atoms with Crippen LogP contribution < -0.4 is 5.32 Å². The molecule has 0 unspecified atom stereocenters. The Morgan fingerprint density at radius 3 is 2.75 bits per heavy atom. The number of carbonyl (C=O) groups is 1. The normalized spacial score (nSPS) is 15.8. The lowest BCUT2D eigenvalue weighted by atomic mass is 10.1. The highest BCUT2D eigenvalue weighted by molar-refractivity contribution is 5.91. The maximum absolute atomic E-state index is 12.5. The Hall–Kier alpha value is -2.76. The number of benzene rings is 1. The summed E-state index contributed by atoms with van der Waals surface area (Å²) in [5.41, 5.74) is 2.23. The zero-order chi connectivity index (χ0) is 16.5. The number of aryl methyl sites for hydroxylation is 1. The molecule has 0 saturated carbocycles. The second kappa shape index (κ2) is 6.03. The Morgan fingerprint density at radius 2 is 2.00 bits per heavy atom. The molecule has 4 rings (SSSR count). The van der Waals surface area contributed by atoms with Crippen LogP contribution >= 0.6 is 0 Å². The van der Waals surface area contributed by atoms with E-state index in [-0.39, 0.29) is 6.03 Å². The van der Waals surface area contributed by atoms with Crippen molar-refractivity contribution in [3.05, 3.63) is 48.6 Å². The molecule has 0 spiro atoms. The van der Waals surface area contributed by atoms with Crippen LogP contribution in [0, 0.1) is 6.92 Å². The van der Waals surface area contributed by atoms with E-state index in [0.29, 0.717) is 17.5 Å². The van der Waals surface area contributed by atoms with Gasteiger partial charge in [-0.05, 0) is 37.1 Å². The Labute approximate surface area is 140 Å². The maximum atomic E-state index is 12.5. The lowest BCUT2D eigenvalue weighted by Gasteiger charge is -2.32. The fourth-order valence-corrected chi connectivity index (χ4v) is 3.28. The summed E-state index contributed by atoms with van der Waals surface area (Å²) in [4.78, 5) is 18.6. The van der Waals surface area contributed by atoms with E-state index in [4.69, 9.17) is 4.42 Å². The molecular formula is C18H20N4O2. The number of fused-ring (bicyclic) bond motifs is 1. The van der Waals surface area contributed by atoms with E-state index in [1.807, 2.05) is 42.2 Å². The van der Waals surface area contributed by atoms with Gasteiger partial charge in [0, 0.05) is 50.2 Å². The van der Waals surface area contributed by atoms with Crippen LogP contribution in [-0.4, -0.2) is 33.6 Å². The third-order valence-electron chi connectivity index (χ3n) is 4.55. The van der Waals surface area contributed by atoms with Crippen LogP contribution in [0.1, 0.15) is 24.8 Å². The van der Waals surface area contributed by atoms with E-state index < -0.39 is 0 Å². The number of nitrogens with one attached hydrogen (secondary N) is 1. The highest BCUT2D eigenvalue weighted by Gasteiger charge is 2.23. The molecule has 6 heteroatoms. The highest BCUT2D eigenvalue weighted by Crippen LogP contribution is 2.24. The molecule has 2 aromatic heterocycles. The average Bonchev–Trinajstić information content (AvgIpc) is 3.23. The largest absolute Gasteiger partial charge is 0.441 e. The van der Waals surface area contributed by atoms with Crippen molar-refractivity contribution in [3.8, 4) is 0 Å². The minimum absolute atomic E-state index is 0.0588. The van der Waals surface area contributed by atoms with E-state index in [2.05, 4.69) is 27.3 Å². The number of rotatable bonds is 2. The summed E-state index contributed by atoms with van der Waals surface area (Å²) < 4.78 is 7.74. The monoisotopic (exact) mass is 324 g/mol. The molecule has 0 atom stereocenters. The van der Waals surface area contributed by atoms with E-state index in [9.17, 15) is 4.79 Å². The molecule has 1 aromatic carbocycles. The van der Waals surface area contributed by atoms with E-state index in [1.165, 1.54) is 0 Å². The lowest BCUT2D eigenvalue weighted by Crippen LogP contribution is -2.41. The van der Waals surface area contributed by atoms with Crippen molar-refractivity contribution in [2.24, 2.45) is 0 Å². The molecular weight excluding hydrogens is 304 g/mol. The van der Waals surface area contributed by atoms with Gasteiger partial charge in [0.25, 0.3) is 0 Å². The minimum Gasteiger partial charge on any atom is -0.441 e. The predicted octanol–water partition coefficient (Wildman–Crippen LogP) is 3.81. The van der Waals surface area contributed by atoms with Crippen molar-refractivity contribution in [1.29, 1.82) is 0 Å². The number of hydrogen-bond acceptors (Lipinski definition) is 3. The number of likely N-dealkylation sites (tertiary alicyclic amines) is 1. The van der Waals surface area contributed by atoms with E-state index in [1.54, 1.807) is 0 Å². The van der Waals surface area contributed by atoms with Crippen LogP contribution in [0.15, 0.2) is 47.1 Å². The van der Waals surface area contributed by atoms with Gasteiger partial charge in [-0.1, -0.05) is 0 Å². The fourth-order valence-electron chi connectivity index (χ4n) is 3.28. The first-order chi connectivity index (χ1) is 11.7. The summed E-state index contributed by atoms with van der Waals surface area (Å²) in [5.74, 6) is 0.626. The summed E-state index contributed by atoms with van der Waals surface area (Å²) in [6.45, 7) is 3.34. The molecule has 24 heavy (non-hydrogen) atoms. The number of nitrogens with zero attached hydrogens (tertiary/aromatic N) is 3. The van der Waals surface area contributed by atoms with E-state index >= 15 is 0 Å². The molecule has 0 radical (unpaired) electrons. The van der Waals surface area contributed by atoms with Gasteiger partial charge in [0.05, 0.1) is 0 Å². The predicted molar refractivity (Wildman–Crippen MR) is 92.0 cm³/mol. The zero-order valence-electron chi connectivity index (χ0n) is 13.6. The first-order valence-corrected chi connectivity index (χ1v) is 8.24.